The molecule has 0 rings (SSSR count). The highest BCUT2D eigenvalue weighted by molar-refractivity contribution is 5.78. The van der Waals surface area contributed by atoms with Gasteiger partial charge in [0.1, 0.15) is 0 Å². The Morgan fingerprint density at radius 2 is 2.00 bits per heavy atom. The van der Waals surface area contributed by atoms with Crippen LogP contribution in [0, 0.1) is 0 Å². The quantitative estimate of drug-likeness (QED) is 0.696. The molecular formula is C7H13F3N2O. The van der Waals surface area contributed by atoms with Gasteiger partial charge in [0.05, 0.1) is 13.0 Å². The smallest absolute Gasteiger partial charge is 0.352 e. The molecule has 0 saturated heterocycles. The van der Waals surface area contributed by atoms with Gasteiger partial charge in [0, 0.05) is 6.04 Å². The van der Waals surface area contributed by atoms with Crippen molar-refractivity contribution in [1.82, 2.24) is 10.6 Å². The fraction of sp³-hybridized carbons (Fsp3) is 0.857. The summed E-state index contributed by atoms with van der Waals surface area (Å²) >= 11 is 0. The van der Waals surface area contributed by atoms with Gasteiger partial charge in [-0.15, -0.1) is 0 Å². The topological polar surface area (TPSA) is 41.1 Å². The highest BCUT2D eigenvalue weighted by Crippen LogP contribution is 2.21. The van der Waals surface area contributed by atoms with E-state index < -0.39 is 24.5 Å². The highest BCUT2D eigenvalue weighted by Gasteiger charge is 2.30. The average Bonchev–Trinajstić information content (AvgIpc) is 1.81. The van der Waals surface area contributed by atoms with E-state index in [4.69, 9.17) is 0 Å². The van der Waals surface area contributed by atoms with Crippen LogP contribution < -0.4 is 10.6 Å². The van der Waals surface area contributed by atoms with Crippen molar-refractivity contribution < 1.29 is 18.0 Å². The molecule has 0 aromatic heterocycles. The zero-order valence-corrected chi connectivity index (χ0v) is 7.53. The molecule has 0 aromatic rings. The molecule has 0 bridgehead atoms. The minimum atomic E-state index is -4.23. The van der Waals surface area contributed by atoms with Crippen LogP contribution in [0.4, 0.5) is 13.2 Å². The summed E-state index contributed by atoms with van der Waals surface area (Å²) in [4.78, 5) is 10.8. The van der Waals surface area contributed by atoms with Crippen LogP contribution in [-0.2, 0) is 4.79 Å². The maximum atomic E-state index is 11.8. The third-order valence-corrected chi connectivity index (χ3v) is 1.28. The number of alkyl halides is 3. The normalized spacial score (nSPS) is 13.9. The van der Waals surface area contributed by atoms with Crippen LogP contribution in [0.3, 0.4) is 0 Å². The van der Waals surface area contributed by atoms with E-state index in [9.17, 15) is 18.0 Å². The van der Waals surface area contributed by atoms with E-state index >= 15 is 0 Å². The molecule has 0 aliphatic heterocycles. The molecule has 6 heteroatoms. The lowest BCUT2D eigenvalue weighted by atomic mass is 10.2. The second-order valence-electron chi connectivity index (χ2n) is 2.82. The predicted octanol–water partition coefficient (Wildman–Crippen LogP) is 0.663. The molecule has 1 unspecified atom stereocenters. The lowest BCUT2D eigenvalue weighted by molar-refractivity contribution is -0.141. The molecule has 1 amide bonds. The SMILES string of the molecule is CNCC(=O)NC(C)CC(F)(F)F. The van der Waals surface area contributed by atoms with Gasteiger partial charge in [-0.25, -0.2) is 0 Å². The summed E-state index contributed by atoms with van der Waals surface area (Å²) in [5.41, 5.74) is 0. The molecule has 0 aliphatic rings. The van der Waals surface area contributed by atoms with Gasteiger partial charge in [0.25, 0.3) is 0 Å². The fourth-order valence-corrected chi connectivity index (χ4v) is 0.885. The van der Waals surface area contributed by atoms with E-state index in [2.05, 4.69) is 10.6 Å². The van der Waals surface area contributed by atoms with Crippen LogP contribution in [-0.4, -0.2) is 31.7 Å². The standard InChI is InChI=1S/C7H13F3N2O/c1-5(3-7(8,9)10)12-6(13)4-11-2/h5,11H,3-4H2,1-2H3,(H,12,13). The van der Waals surface area contributed by atoms with E-state index in [1.807, 2.05) is 0 Å². The Hall–Kier alpha value is -0.780. The second-order valence-corrected chi connectivity index (χ2v) is 2.82. The molecule has 78 valence electrons. The first-order valence-corrected chi connectivity index (χ1v) is 3.86. The number of hydrogen-bond acceptors (Lipinski definition) is 2. The average molecular weight is 198 g/mol. The largest absolute Gasteiger partial charge is 0.391 e. The molecule has 2 N–H and O–H groups in total. The minimum absolute atomic E-state index is 0.0300. The van der Waals surface area contributed by atoms with E-state index in [1.54, 1.807) is 7.05 Å². The highest BCUT2D eigenvalue weighted by atomic mass is 19.4. The second kappa shape index (κ2) is 5.06. The Bertz CT molecular complexity index is 170. The van der Waals surface area contributed by atoms with Crippen LogP contribution in [0.15, 0.2) is 0 Å². The van der Waals surface area contributed by atoms with Crippen LogP contribution in [0.5, 0.6) is 0 Å². The van der Waals surface area contributed by atoms with Crippen LogP contribution in [0.25, 0.3) is 0 Å². The number of carbonyl (C=O) groups excluding carboxylic acids is 1. The van der Waals surface area contributed by atoms with Gasteiger partial charge in [-0.3, -0.25) is 4.79 Å². The summed E-state index contributed by atoms with van der Waals surface area (Å²) < 4.78 is 35.3. The van der Waals surface area contributed by atoms with Crippen molar-refractivity contribution in [2.24, 2.45) is 0 Å². The maximum absolute atomic E-state index is 11.8. The third-order valence-electron chi connectivity index (χ3n) is 1.28. The van der Waals surface area contributed by atoms with E-state index in [0.29, 0.717) is 0 Å². The van der Waals surface area contributed by atoms with Gasteiger partial charge >= 0.3 is 6.18 Å². The molecule has 0 saturated carbocycles. The van der Waals surface area contributed by atoms with Gasteiger partial charge in [-0.2, -0.15) is 13.2 Å². The minimum Gasteiger partial charge on any atom is -0.352 e. The van der Waals surface area contributed by atoms with Crippen molar-refractivity contribution in [2.45, 2.75) is 25.6 Å². The molecule has 0 spiro atoms. The van der Waals surface area contributed by atoms with Crippen molar-refractivity contribution in [3.63, 3.8) is 0 Å². The molecule has 0 fully saturated rings. The van der Waals surface area contributed by atoms with Crippen LogP contribution in [0.1, 0.15) is 13.3 Å². The van der Waals surface area contributed by atoms with Crippen molar-refractivity contribution in [1.29, 1.82) is 0 Å². The molecule has 3 nitrogen and oxygen atoms in total. The summed E-state index contributed by atoms with van der Waals surface area (Å²) in [7, 11) is 1.55. The Labute approximate surface area is 74.7 Å². The first-order valence-electron chi connectivity index (χ1n) is 3.86. The first kappa shape index (κ1) is 12.2. The molecular weight excluding hydrogens is 185 g/mol. The fourth-order valence-electron chi connectivity index (χ4n) is 0.885. The molecule has 0 heterocycles. The number of amides is 1. The summed E-state index contributed by atoms with van der Waals surface area (Å²) in [6.07, 6.45) is -5.23. The lowest BCUT2D eigenvalue weighted by Gasteiger charge is -2.15. The monoisotopic (exact) mass is 198 g/mol. The Balaban J connectivity index is 3.74. The summed E-state index contributed by atoms with van der Waals surface area (Å²) in [6.45, 7) is 1.35. The van der Waals surface area contributed by atoms with Gasteiger partial charge in [0.15, 0.2) is 0 Å². The van der Waals surface area contributed by atoms with Crippen molar-refractivity contribution >= 4 is 5.91 Å². The number of carbonyl (C=O) groups is 1. The predicted molar refractivity (Wildman–Crippen MR) is 42.2 cm³/mol. The zero-order chi connectivity index (χ0) is 10.5. The van der Waals surface area contributed by atoms with Gasteiger partial charge < -0.3 is 10.6 Å². The van der Waals surface area contributed by atoms with Gasteiger partial charge in [0.2, 0.25) is 5.91 Å². The summed E-state index contributed by atoms with van der Waals surface area (Å²) in [5.74, 6) is -0.431. The van der Waals surface area contributed by atoms with E-state index in [0.717, 1.165) is 0 Å². The number of likely N-dealkylation sites (N-methyl/N-ethyl adjacent to an activating group) is 1. The summed E-state index contributed by atoms with van der Waals surface area (Å²) in [5, 5.41) is 4.76. The van der Waals surface area contributed by atoms with E-state index in [-0.39, 0.29) is 6.54 Å². The van der Waals surface area contributed by atoms with Crippen molar-refractivity contribution in [2.75, 3.05) is 13.6 Å². The summed E-state index contributed by atoms with van der Waals surface area (Å²) in [6, 6.07) is -0.874. The Kier molecular flexibility index (Phi) is 4.76. The van der Waals surface area contributed by atoms with Crippen LogP contribution in [0.2, 0.25) is 0 Å². The number of hydrogen-bond donors (Lipinski definition) is 2. The van der Waals surface area contributed by atoms with Crippen molar-refractivity contribution in [3.8, 4) is 0 Å². The zero-order valence-electron chi connectivity index (χ0n) is 7.53. The molecule has 0 radical (unpaired) electrons. The van der Waals surface area contributed by atoms with Gasteiger partial charge in [-0.1, -0.05) is 0 Å². The first-order chi connectivity index (χ1) is 5.85. The van der Waals surface area contributed by atoms with Crippen LogP contribution >= 0.6 is 0 Å². The Morgan fingerprint density at radius 1 is 1.46 bits per heavy atom. The number of halogens is 3. The number of nitrogens with one attached hydrogen (secondary N) is 2. The molecule has 0 aromatic carbocycles. The Morgan fingerprint density at radius 3 is 2.38 bits per heavy atom. The maximum Gasteiger partial charge on any atom is 0.391 e. The third kappa shape index (κ3) is 7.58. The lowest BCUT2D eigenvalue weighted by Crippen LogP contribution is -2.40. The number of rotatable bonds is 4. The molecule has 0 aliphatic carbocycles. The van der Waals surface area contributed by atoms with Gasteiger partial charge in [-0.05, 0) is 14.0 Å². The molecule has 1 atom stereocenters. The molecule has 13 heavy (non-hydrogen) atoms. The van der Waals surface area contributed by atoms with E-state index in [1.165, 1.54) is 6.92 Å². The van der Waals surface area contributed by atoms with Crippen molar-refractivity contribution in [3.05, 3.63) is 0 Å².